The van der Waals surface area contributed by atoms with Crippen LogP contribution in [0.25, 0.3) is 22.7 Å². The van der Waals surface area contributed by atoms with E-state index in [0.29, 0.717) is 28.7 Å². The van der Waals surface area contributed by atoms with Crippen molar-refractivity contribution in [3.8, 4) is 22.7 Å². The van der Waals surface area contributed by atoms with Crippen LogP contribution in [0.5, 0.6) is 0 Å². The molecule has 5 aromatic rings. The van der Waals surface area contributed by atoms with Crippen LogP contribution in [0, 0.1) is 0 Å². The Balaban J connectivity index is 1.36. The Bertz CT molecular complexity index is 1460. The Morgan fingerprint density at radius 1 is 0.788 bits per heavy atom. The van der Waals surface area contributed by atoms with E-state index in [9.17, 15) is 8.42 Å². The molecule has 0 spiro atoms. The van der Waals surface area contributed by atoms with Crippen molar-refractivity contribution in [2.24, 2.45) is 0 Å². The van der Waals surface area contributed by atoms with Gasteiger partial charge in [0.1, 0.15) is 0 Å². The van der Waals surface area contributed by atoms with Crippen molar-refractivity contribution in [1.82, 2.24) is 10.1 Å². The Morgan fingerprint density at radius 2 is 1.52 bits per heavy atom. The first-order valence-corrected chi connectivity index (χ1v) is 11.7. The first-order chi connectivity index (χ1) is 16.1. The van der Waals surface area contributed by atoms with Crippen molar-refractivity contribution < 1.29 is 17.4 Å². The molecule has 7 nitrogen and oxygen atoms in total. The molecule has 3 aromatic carbocycles. The smallest absolute Gasteiger partial charge is 0.261 e. The van der Waals surface area contributed by atoms with Crippen LogP contribution in [-0.2, 0) is 16.4 Å². The SMILES string of the molecule is O=S(=O)(Nc1ccccc1Cc1nc(-c2ccco2)no1)c1ccc(-c2ccccc2)cc1. The molecule has 8 heteroatoms. The van der Waals surface area contributed by atoms with E-state index in [1.54, 1.807) is 48.5 Å². The molecule has 0 unspecified atom stereocenters. The van der Waals surface area contributed by atoms with Gasteiger partial charge in [-0.15, -0.1) is 0 Å². The highest BCUT2D eigenvalue weighted by molar-refractivity contribution is 7.92. The normalized spacial score (nSPS) is 11.4. The average molecular weight is 458 g/mol. The predicted molar refractivity (Wildman–Crippen MR) is 124 cm³/mol. The predicted octanol–water partition coefficient (Wildman–Crippen LogP) is 5.39. The Morgan fingerprint density at radius 3 is 2.27 bits per heavy atom. The summed E-state index contributed by atoms with van der Waals surface area (Å²) in [5.74, 6) is 1.18. The number of anilines is 1. The van der Waals surface area contributed by atoms with Crippen molar-refractivity contribution in [2.45, 2.75) is 11.3 Å². The molecule has 0 aliphatic carbocycles. The molecule has 5 rings (SSSR count). The first kappa shape index (κ1) is 20.7. The Hall–Kier alpha value is -4.17. The van der Waals surface area contributed by atoms with Crippen LogP contribution in [0.1, 0.15) is 11.5 Å². The summed E-state index contributed by atoms with van der Waals surface area (Å²) in [6, 6.07) is 27.2. The number of aromatic nitrogens is 2. The fraction of sp³-hybridized carbons (Fsp3) is 0.0400. The van der Waals surface area contributed by atoms with Crippen molar-refractivity contribution in [1.29, 1.82) is 0 Å². The topological polar surface area (TPSA) is 98.2 Å². The summed E-state index contributed by atoms with van der Waals surface area (Å²) in [7, 11) is -3.79. The fourth-order valence-electron chi connectivity index (χ4n) is 3.43. The quantitative estimate of drug-likeness (QED) is 0.352. The van der Waals surface area contributed by atoms with Crippen LogP contribution in [0.2, 0.25) is 0 Å². The minimum absolute atomic E-state index is 0.176. The summed E-state index contributed by atoms with van der Waals surface area (Å²) in [6.45, 7) is 0. The van der Waals surface area contributed by atoms with Crippen molar-refractivity contribution in [3.05, 3.63) is 109 Å². The lowest BCUT2D eigenvalue weighted by Gasteiger charge is -2.12. The molecule has 2 aromatic heterocycles. The molecule has 0 amide bonds. The monoisotopic (exact) mass is 457 g/mol. The number of nitrogens with one attached hydrogen (secondary N) is 1. The fourth-order valence-corrected chi connectivity index (χ4v) is 4.53. The standard InChI is InChI=1S/C25H19N3O4S/c29-33(30,21-14-12-19(13-15-21)18-7-2-1-3-8-18)28-22-10-5-4-9-20(22)17-24-26-25(27-32-24)23-11-6-16-31-23/h1-16,28H,17H2. The summed E-state index contributed by atoms with van der Waals surface area (Å²) in [6.07, 6.45) is 1.79. The van der Waals surface area contributed by atoms with Crippen LogP contribution >= 0.6 is 0 Å². The molecule has 0 atom stereocenters. The average Bonchev–Trinajstić information content (AvgIpc) is 3.53. The molecule has 164 valence electrons. The van der Waals surface area contributed by atoms with Gasteiger partial charge in [-0.05, 0) is 47.0 Å². The van der Waals surface area contributed by atoms with Crippen molar-refractivity contribution in [3.63, 3.8) is 0 Å². The highest BCUT2D eigenvalue weighted by Gasteiger charge is 2.18. The van der Waals surface area contributed by atoms with Gasteiger partial charge in [0.2, 0.25) is 11.7 Å². The van der Waals surface area contributed by atoms with Crippen LogP contribution in [0.15, 0.2) is 111 Å². The molecule has 0 fully saturated rings. The maximum absolute atomic E-state index is 13.0. The number of benzene rings is 3. The lowest BCUT2D eigenvalue weighted by molar-refractivity contribution is 0.384. The highest BCUT2D eigenvalue weighted by Crippen LogP contribution is 2.25. The molecule has 0 saturated heterocycles. The molecule has 1 N–H and O–H groups in total. The molecule has 0 radical (unpaired) electrons. The molecule has 33 heavy (non-hydrogen) atoms. The zero-order valence-electron chi connectivity index (χ0n) is 17.4. The van der Waals surface area contributed by atoms with Gasteiger partial charge in [-0.25, -0.2) is 8.42 Å². The van der Waals surface area contributed by atoms with Crippen LogP contribution in [-0.4, -0.2) is 18.6 Å². The lowest BCUT2D eigenvalue weighted by Crippen LogP contribution is -2.14. The number of sulfonamides is 1. The van der Waals surface area contributed by atoms with Crippen molar-refractivity contribution >= 4 is 15.7 Å². The third-order valence-corrected chi connectivity index (χ3v) is 6.47. The first-order valence-electron chi connectivity index (χ1n) is 10.2. The number of rotatable bonds is 7. The van der Waals surface area contributed by atoms with Crippen LogP contribution < -0.4 is 4.72 Å². The number of hydrogen-bond donors (Lipinski definition) is 1. The van der Waals surface area contributed by atoms with Gasteiger partial charge in [0.05, 0.1) is 23.3 Å². The minimum Gasteiger partial charge on any atom is -0.461 e. The molecular weight excluding hydrogens is 438 g/mol. The zero-order valence-corrected chi connectivity index (χ0v) is 18.2. The van der Waals surface area contributed by atoms with Gasteiger partial charge in [0, 0.05) is 0 Å². The second-order valence-electron chi connectivity index (χ2n) is 7.32. The minimum atomic E-state index is -3.79. The Kier molecular flexibility index (Phi) is 5.50. The van der Waals surface area contributed by atoms with E-state index in [0.717, 1.165) is 11.1 Å². The Labute approximate surface area is 190 Å². The number of para-hydroxylation sites is 1. The van der Waals surface area contributed by atoms with E-state index >= 15 is 0 Å². The summed E-state index contributed by atoms with van der Waals surface area (Å²) >= 11 is 0. The third-order valence-electron chi connectivity index (χ3n) is 5.08. The second kappa shape index (κ2) is 8.76. The van der Waals surface area contributed by atoms with E-state index in [1.165, 1.54) is 6.26 Å². The van der Waals surface area contributed by atoms with Crippen LogP contribution in [0.4, 0.5) is 5.69 Å². The molecule has 0 saturated carbocycles. The van der Waals surface area contributed by atoms with Crippen LogP contribution in [0.3, 0.4) is 0 Å². The number of furan rings is 1. The van der Waals surface area contributed by atoms with E-state index < -0.39 is 10.0 Å². The third kappa shape index (κ3) is 4.56. The van der Waals surface area contributed by atoms with E-state index in [1.807, 2.05) is 42.5 Å². The maximum Gasteiger partial charge on any atom is 0.261 e. The van der Waals surface area contributed by atoms with E-state index in [2.05, 4.69) is 14.9 Å². The van der Waals surface area contributed by atoms with E-state index in [4.69, 9.17) is 8.94 Å². The van der Waals surface area contributed by atoms with Gasteiger partial charge < -0.3 is 8.94 Å². The molecule has 0 aliphatic heterocycles. The van der Waals surface area contributed by atoms with Gasteiger partial charge in [0.25, 0.3) is 10.0 Å². The van der Waals surface area contributed by atoms with Gasteiger partial charge >= 0.3 is 0 Å². The lowest BCUT2D eigenvalue weighted by atomic mass is 10.1. The number of hydrogen-bond acceptors (Lipinski definition) is 6. The molecule has 0 aliphatic rings. The van der Waals surface area contributed by atoms with Gasteiger partial charge in [-0.1, -0.05) is 65.8 Å². The second-order valence-corrected chi connectivity index (χ2v) is 9.00. The molecular formula is C25H19N3O4S. The van der Waals surface area contributed by atoms with Crippen molar-refractivity contribution in [2.75, 3.05) is 4.72 Å². The highest BCUT2D eigenvalue weighted by atomic mass is 32.2. The van der Waals surface area contributed by atoms with Gasteiger partial charge in [-0.2, -0.15) is 4.98 Å². The van der Waals surface area contributed by atoms with E-state index in [-0.39, 0.29) is 11.3 Å². The largest absolute Gasteiger partial charge is 0.461 e. The molecule has 2 heterocycles. The summed E-state index contributed by atoms with van der Waals surface area (Å²) < 4.78 is 39.4. The van der Waals surface area contributed by atoms with Gasteiger partial charge in [-0.3, -0.25) is 4.72 Å². The summed E-state index contributed by atoms with van der Waals surface area (Å²) in [5.41, 5.74) is 3.12. The zero-order chi connectivity index (χ0) is 22.7. The number of nitrogens with zero attached hydrogens (tertiary/aromatic N) is 2. The summed E-state index contributed by atoms with van der Waals surface area (Å²) in [4.78, 5) is 4.51. The van der Waals surface area contributed by atoms with Gasteiger partial charge in [0.15, 0.2) is 5.76 Å². The molecule has 0 bridgehead atoms. The maximum atomic E-state index is 13.0. The summed E-state index contributed by atoms with van der Waals surface area (Å²) in [5, 5.41) is 3.92.